The van der Waals surface area contributed by atoms with Gasteiger partial charge in [-0.25, -0.2) is 4.39 Å². The molecular weight excluding hydrogens is 347 g/mol. The molecule has 5 nitrogen and oxygen atoms in total. The fourth-order valence-corrected chi connectivity index (χ4v) is 3.13. The van der Waals surface area contributed by atoms with E-state index in [1.807, 2.05) is 0 Å². The van der Waals surface area contributed by atoms with Crippen molar-refractivity contribution in [1.82, 2.24) is 4.57 Å². The number of carbonyl (C=O) groups excluding carboxylic acids is 1. The largest absolute Gasteiger partial charge is 0.459 e. The quantitative estimate of drug-likeness (QED) is 0.594. The lowest BCUT2D eigenvalue weighted by Crippen LogP contribution is -2.21. The van der Waals surface area contributed by atoms with Crippen molar-refractivity contribution in [3.05, 3.63) is 88.7 Å². The van der Waals surface area contributed by atoms with Gasteiger partial charge in [-0.1, -0.05) is 30.3 Å². The van der Waals surface area contributed by atoms with Gasteiger partial charge in [0.25, 0.3) is 5.91 Å². The molecule has 4 rings (SSSR count). The number of nitrogens with zero attached hydrogens (tertiary/aromatic N) is 1. The molecule has 134 valence electrons. The lowest BCUT2D eigenvalue weighted by Gasteiger charge is -2.18. The van der Waals surface area contributed by atoms with Gasteiger partial charge in [0.15, 0.2) is 11.2 Å². The number of aromatic nitrogens is 1. The Morgan fingerprint density at radius 1 is 1.04 bits per heavy atom. The van der Waals surface area contributed by atoms with Gasteiger partial charge in [-0.05, 0) is 30.3 Å². The van der Waals surface area contributed by atoms with Gasteiger partial charge in [-0.2, -0.15) is 0 Å². The molecule has 4 aromatic rings. The van der Waals surface area contributed by atoms with Crippen LogP contribution in [0.5, 0.6) is 0 Å². The van der Waals surface area contributed by atoms with Crippen molar-refractivity contribution in [2.45, 2.75) is 0 Å². The Bertz CT molecular complexity index is 1210. The van der Waals surface area contributed by atoms with E-state index >= 15 is 0 Å². The average Bonchev–Trinajstić information content (AvgIpc) is 3.22. The topological polar surface area (TPSA) is 64.2 Å². The monoisotopic (exact) mass is 362 g/mol. The van der Waals surface area contributed by atoms with Crippen molar-refractivity contribution in [3.8, 4) is 11.1 Å². The van der Waals surface area contributed by atoms with E-state index in [0.29, 0.717) is 10.9 Å². The minimum absolute atomic E-state index is 0.0919. The highest BCUT2D eigenvalue weighted by Gasteiger charge is 2.21. The molecule has 0 radical (unpaired) electrons. The third kappa shape index (κ3) is 2.81. The normalized spacial score (nSPS) is 10.9. The minimum atomic E-state index is -0.543. The van der Waals surface area contributed by atoms with E-state index in [1.165, 1.54) is 24.5 Å². The fraction of sp³-hybridized carbons (Fsp3) is 0.0476. The van der Waals surface area contributed by atoms with E-state index in [0.717, 1.165) is 0 Å². The summed E-state index contributed by atoms with van der Waals surface area (Å²) < 4.78 is 21.3. The third-order valence-electron chi connectivity index (χ3n) is 4.43. The van der Waals surface area contributed by atoms with Gasteiger partial charge in [0, 0.05) is 18.0 Å². The number of halogens is 1. The zero-order valence-electron chi connectivity index (χ0n) is 14.4. The smallest absolute Gasteiger partial charge is 0.292 e. The summed E-state index contributed by atoms with van der Waals surface area (Å²) in [6.45, 7) is 0. The standard InChI is InChI=1S/C21H15FN2O3/c1-24-16-10-5-3-8-14(16)19(25)18(13-7-2-4-9-15(13)22)20(24)23-21(26)17-11-6-12-27-17/h2-12H,1H3,(H,23,26). The summed E-state index contributed by atoms with van der Waals surface area (Å²) in [5.74, 6) is -0.776. The first kappa shape index (κ1) is 16.8. The van der Waals surface area contributed by atoms with Crippen LogP contribution in [0, 0.1) is 5.82 Å². The molecule has 0 saturated carbocycles. The van der Waals surface area contributed by atoms with Crippen LogP contribution in [-0.2, 0) is 7.05 Å². The van der Waals surface area contributed by atoms with Crippen LogP contribution in [0.4, 0.5) is 10.2 Å². The maximum absolute atomic E-state index is 14.5. The Morgan fingerprint density at radius 3 is 2.52 bits per heavy atom. The number of fused-ring (bicyclic) bond motifs is 1. The third-order valence-corrected chi connectivity index (χ3v) is 4.43. The first-order valence-corrected chi connectivity index (χ1v) is 8.29. The van der Waals surface area contributed by atoms with Crippen LogP contribution in [0.15, 0.2) is 76.1 Å². The van der Waals surface area contributed by atoms with Gasteiger partial charge >= 0.3 is 0 Å². The van der Waals surface area contributed by atoms with E-state index in [-0.39, 0.29) is 28.1 Å². The molecule has 0 fully saturated rings. The molecule has 0 atom stereocenters. The van der Waals surface area contributed by atoms with E-state index < -0.39 is 11.7 Å². The molecule has 0 spiro atoms. The van der Waals surface area contributed by atoms with E-state index in [9.17, 15) is 14.0 Å². The maximum atomic E-state index is 14.5. The van der Waals surface area contributed by atoms with Crippen LogP contribution in [-0.4, -0.2) is 10.5 Å². The van der Waals surface area contributed by atoms with Crippen LogP contribution in [0.25, 0.3) is 22.0 Å². The summed E-state index contributed by atoms with van der Waals surface area (Å²) in [4.78, 5) is 25.7. The summed E-state index contributed by atoms with van der Waals surface area (Å²) in [7, 11) is 1.71. The van der Waals surface area contributed by atoms with Crippen LogP contribution < -0.4 is 10.7 Å². The summed E-state index contributed by atoms with van der Waals surface area (Å²) in [5.41, 5.74) is 0.480. The first-order valence-electron chi connectivity index (χ1n) is 8.29. The number of aryl methyl sites for hydroxylation is 1. The molecule has 6 heteroatoms. The average molecular weight is 362 g/mol. The molecule has 0 aliphatic carbocycles. The second kappa shape index (κ2) is 6.57. The zero-order valence-corrected chi connectivity index (χ0v) is 14.4. The van der Waals surface area contributed by atoms with Crippen molar-refractivity contribution in [2.75, 3.05) is 5.32 Å². The van der Waals surface area contributed by atoms with E-state index in [2.05, 4.69) is 5.32 Å². The second-order valence-corrected chi connectivity index (χ2v) is 6.04. The number of hydrogen-bond donors (Lipinski definition) is 1. The Hall–Kier alpha value is -3.67. The molecule has 0 saturated heterocycles. The van der Waals surface area contributed by atoms with Gasteiger partial charge in [0.05, 0.1) is 17.3 Å². The van der Waals surface area contributed by atoms with Gasteiger partial charge in [0.2, 0.25) is 0 Å². The molecular formula is C21H15FN2O3. The molecule has 0 bridgehead atoms. The first-order chi connectivity index (χ1) is 13.1. The molecule has 27 heavy (non-hydrogen) atoms. The Balaban J connectivity index is 2.02. The van der Waals surface area contributed by atoms with Crippen LogP contribution in [0.2, 0.25) is 0 Å². The minimum Gasteiger partial charge on any atom is -0.459 e. The SMILES string of the molecule is Cn1c(NC(=O)c2ccco2)c(-c2ccccc2F)c(=O)c2ccccc21. The van der Waals surface area contributed by atoms with Crippen molar-refractivity contribution >= 4 is 22.6 Å². The highest BCUT2D eigenvalue weighted by Crippen LogP contribution is 2.30. The summed E-state index contributed by atoms with van der Waals surface area (Å²) in [6.07, 6.45) is 1.38. The Labute approximate surface area is 153 Å². The molecule has 1 N–H and O–H groups in total. The second-order valence-electron chi connectivity index (χ2n) is 6.04. The molecule has 0 unspecified atom stereocenters. The number of nitrogens with one attached hydrogen (secondary N) is 1. The van der Waals surface area contributed by atoms with Gasteiger partial charge in [-0.3, -0.25) is 9.59 Å². The number of furan rings is 1. The number of benzene rings is 2. The highest BCUT2D eigenvalue weighted by molar-refractivity contribution is 6.05. The van der Waals surface area contributed by atoms with Crippen LogP contribution in [0.1, 0.15) is 10.6 Å². The number of hydrogen-bond acceptors (Lipinski definition) is 3. The number of anilines is 1. The van der Waals surface area contributed by atoms with Crippen LogP contribution in [0.3, 0.4) is 0 Å². The van der Waals surface area contributed by atoms with Gasteiger partial charge < -0.3 is 14.3 Å². The fourth-order valence-electron chi connectivity index (χ4n) is 3.13. The van der Waals surface area contributed by atoms with E-state index in [1.54, 1.807) is 54.1 Å². The van der Waals surface area contributed by atoms with Crippen molar-refractivity contribution < 1.29 is 13.6 Å². The Kier molecular flexibility index (Phi) is 4.08. The number of pyridine rings is 1. The highest BCUT2D eigenvalue weighted by atomic mass is 19.1. The maximum Gasteiger partial charge on any atom is 0.292 e. The number of carbonyl (C=O) groups is 1. The predicted molar refractivity (Wildman–Crippen MR) is 101 cm³/mol. The number of amides is 1. The summed E-state index contributed by atoms with van der Waals surface area (Å²) >= 11 is 0. The molecule has 2 heterocycles. The van der Waals surface area contributed by atoms with E-state index in [4.69, 9.17) is 4.42 Å². The molecule has 0 aliphatic heterocycles. The summed E-state index contributed by atoms with van der Waals surface area (Å²) in [5, 5.41) is 3.14. The van der Waals surface area contributed by atoms with Crippen LogP contribution >= 0.6 is 0 Å². The van der Waals surface area contributed by atoms with Crippen molar-refractivity contribution in [1.29, 1.82) is 0 Å². The lowest BCUT2D eigenvalue weighted by molar-refractivity contribution is 0.0996. The van der Waals surface area contributed by atoms with Gasteiger partial charge in [-0.15, -0.1) is 0 Å². The lowest BCUT2D eigenvalue weighted by atomic mass is 10.0. The molecule has 0 aliphatic rings. The van der Waals surface area contributed by atoms with Gasteiger partial charge in [0.1, 0.15) is 11.6 Å². The Morgan fingerprint density at radius 2 is 1.78 bits per heavy atom. The molecule has 1 amide bonds. The number of para-hydroxylation sites is 1. The molecule has 2 aromatic carbocycles. The number of rotatable bonds is 3. The van der Waals surface area contributed by atoms with Crippen molar-refractivity contribution in [2.24, 2.45) is 7.05 Å². The molecule has 2 aromatic heterocycles. The van der Waals surface area contributed by atoms with Crippen molar-refractivity contribution in [3.63, 3.8) is 0 Å². The zero-order chi connectivity index (χ0) is 19.0. The summed E-state index contributed by atoms with van der Waals surface area (Å²) in [6, 6.07) is 16.1. The predicted octanol–water partition coefficient (Wildman–Crippen LogP) is 4.19.